The van der Waals surface area contributed by atoms with Gasteiger partial charge in [-0.3, -0.25) is 4.84 Å². The highest BCUT2D eigenvalue weighted by molar-refractivity contribution is 5.68. The molecule has 0 amide bonds. The van der Waals surface area contributed by atoms with Gasteiger partial charge in [0.2, 0.25) is 11.8 Å². The molecule has 8 nitrogen and oxygen atoms in total. The Balaban J connectivity index is 2.67. The topological polar surface area (TPSA) is 103 Å². The minimum atomic E-state index is -1.11. The van der Waals surface area contributed by atoms with Crippen molar-refractivity contribution in [3.8, 4) is 11.8 Å². The number of carbonyl (C=O) groups is 1. The van der Waals surface area contributed by atoms with Gasteiger partial charge in [0, 0.05) is 0 Å². The van der Waals surface area contributed by atoms with Crippen LogP contribution in [0.4, 0.5) is 5.95 Å². The van der Waals surface area contributed by atoms with Crippen LogP contribution in [-0.4, -0.2) is 41.9 Å². The molecule has 0 bridgehead atoms. The van der Waals surface area contributed by atoms with Gasteiger partial charge < -0.3 is 14.6 Å². The van der Waals surface area contributed by atoms with Crippen molar-refractivity contribution in [2.75, 3.05) is 26.3 Å². The van der Waals surface area contributed by atoms with Gasteiger partial charge in [0.1, 0.15) is 0 Å². The van der Waals surface area contributed by atoms with Crippen LogP contribution >= 0.6 is 0 Å². The number of methoxy groups -OCH3 is 2. The summed E-state index contributed by atoms with van der Waals surface area (Å²) < 4.78 is 9.76. The van der Waals surface area contributed by atoms with Crippen molar-refractivity contribution in [2.24, 2.45) is 0 Å². The molecule has 0 saturated carbocycles. The van der Waals surface area contributed by atoms with Gasteiger partial charge in [-0.25, -0.2) is 10.3 Å². The summed E-state index contributed by atoms with van der Waals surface area (Å²) in [6.07, 6.45) is 0. The predicted molar refractivity (Wildman–Crippen MR) is 52.3 cm³/mol. The van der Waals surface area contributed by atoms with Crippen molar-refractivity contribution in [1.29, 1.82) is 0 Å². The lowest BCUT2D eigenvalue weighted by Crippen LogP contribution is -2.13. The fraction of sp³-hybridized carbons (Fsp3) is 0.375. The van der Waals surface area contributed by atoms with E-state index in [1.165, 1.54) is 20.3 Å². The summed E-state index contributed by atoms with van der Waals surface area (Å²) in [5, 5.41) is 8.34. The molecule has 0 aliphatic rings. The molecule has 2 N–H and O–H groups in total. The third kappa shape index (κ3) is 3.58. The first-order valence-electron chi connectivity index (χ1n) is 4.22. The van der Waals surface area contributed by atoms with Crippen molar-refractivity contribution >= 4 is 11.9 Å². The first-order valence-corrected chi connectivity index (χ1v) is 4.22. The number of hydrogen-bond donors (Lipinski definition) is 2. The van der Waals surface area contributed by atoms with Crippen molar-refractivity contribution < 1.29 is 24.2 Å². The molecular weight excluding hydrogens is 218 g/mol. The second kappa shape index (κ2) is 5.71. The van der Waals surface area contributed by atoms with E-state index in [1.807, 2.05) is 0 Å². The Hall–Kier alpha value is -2.09. The largest absolute Gasteiger partial charge is 0.481 e. The highest BCUT2D eigenvalue weighted by Crippen LogP contribution is 2.16. The van der Waals surface area contributed by atoms with Gasteiger partial charge in [0.15, 0.2) is 6.61 Å². The number of hydrogen-bond acceptors (Lipinski definition) is 7. The molecule has 0 atom stereocenters. The minimum absolute atomic E-state index is 0.0532. The molecule has 1 rings (SSSR count). The zero-order valence-corrected chi connectivity index (χ0v) is 8.76. The molecule has 16 heavy (non-hydrogen) atoms. The van der Waals surface area contributed by atoms with E-state index in [1.54, 1.807) is 0 Å². The van der Waals surface area contributed by atoms with Crippen molar-refractivity contribution in [3.63, 3.8) is 0 Å². The van der Waals surface area contributed by atoms with Crippen LogP contribution in [0.25, 0.3) is 0 Å². The number of aromatic nitrogens is 2. The van der Waals surface area contributed by atoms with Crippen LogP contribution in [-0.2, 0) is 9.63 Å². The van der Waals surface area contributed by atoms with E-state index in [9.17, 15) is 4.79 Å². The number of carboxylic acids is 1. The number of nitrogens with one attached hydrogen (secondary N) is 1. The monoisotopic (exact) mass is 229 g/mol. The zero-order valence-electron chi connectivity index (χ0n) is 8.76. The van der Waals surface area contributed by atoms with Gasteiger partial charge in [0.25, 0.3) is 5.95 Å². The van der Waals surface area contributed by atoms with E-state index >= 15 is 0 Å². The maximum absolute atomic E-state index is 10.2. The summed E-state index contributed by atoms with van der Waals surface area (Å²) in [4.78, 5) is 22.5. The van der Waals surface area contributed by atoms with Crippen LogP contribution in [0.5, 0.6) is 11.8 Å². The van der Waals surface area contributed by atoms with Crippen molar-refractivity contribution in [3.05, 3.63) is 6.07 Å². The summed E-state index contributed by atoms with van der Waals surface area (Å²) >= 11 is 0. The molecule has 1 heterocycles. The Morgan fingerprint density at radius 1 is 1.38 bits per heavy atom. The summed E-state index contributed by atoms with van der Waals surface area (Å²) in [6, 6.07) is 1.47. The Kier molecular flexibility index (Phi) is 4.28. The summed E-state index contributed by atoms with van der Waals surface area (Å²) in [6.45, 7) is -0.511. The highest BCUT2D eigenvalue weighted by atomic mass is 16.7. The smallest absolute Gasteiger partial charge is 0.332 e. The van der Waals surface area contributed by atoms with E-state index in [0.717, 1.165) is 0 Å². The van der Waals surface area contributed by atoms with Crippen LogP contribution < -0.4 is 15.0 Å². The quantitative estimate of drug-likeness (QED) is 0.653. The number of carboxylic acid groups (broad SMARTS) is 1. The number of ether oxygens (including phenoxy) is 2. The Morgan fingerprint density at radius 2 is 1.94 bits per heavy atom. The molecule has 1 aromatic rings. The average molecular weight is 229 g/mol. The number of aliphatic carboxylic acids is 1. The molecule has 0 radical (unpaired) electrons. The molecule has 0 spiro atoms. The molecule has 0 aliphatic carbocycles. The van der Waals surface area contributed by atoms with E-state index < -0.39 is 12.6 Å². The lowest BCUT2D eigenvalue weighted by molar-refractivity contribution is -0.141. The van der Waals surface area contributed by atoms with E-state index in [0.29, 0.717) is 0 Å². The van der Waals surface area contributed by atoms with Gasteiger partial charge in [-0.1, -0.05) is 0 Å². The van der Waals surface area contributed by atoms with Crippen LogP contribution in [0.3, 0.4) is 0 Å². The third-order valence-electron chi connectivity index (χ3n) is 1.46. The van der Waals surface area contributed by atoms with Crippen LogP contribution in [0.1, 0.15) is 0 Å². The Morgan fingerprint density at radius 3 is 2.38 bits per heavy atom. The third-order valence-corrected chi connectivity index (χ3v) is 1.46. The highest BCUT2D eigenvalue weighted by Gasteiger charge is 2.05. The summed E-state index contributed by atoms with van der Waals surface area (Å²) in [5.74, 6) is -0.513. The fourth-order valence-corrected chi connectivity index (χ4v) is 0.821. The van der Waals surface area contributed by atoms with E-state index in [-0.39, 0.29) is 17.7 Å². The van der Waals surface area contributed by atoms with Gasteiger partial charge >= 0.3 is 5.97 Å². The van der Waals surface area contributed by atoms with Crippen molar-refractivity contribution in [2.45, 2.75) is 0 Å². The maximum Gasteiger partial charge on any atom is 0.332 e. The average Bonchev–Trinajstić information content (AvgIpc) is 2.28. The van der Waals surface area contributed by atoms with Crippen molar-refractivity contribution in [1.82, 2.24) is 9.97 Å². The molecule has 0 aliphatic heterocycles. The second-order valence-electron chi connectivity index (χ2n) is 2.56. The van der Waals surface area contributed by atoms with Gasteiger partial charge in [0.05, 0.1) is 20.3 Å². The summed E-state index contributed by atoms with van der Waals surface area (Å²) in [5.41, 5.74) is 2.26. The molecule has 0 aromatic carbocycles. The molecule has 0 unspecified atom stereocenters. The van der Waals surface area contributed by atoms with E-state index in [2.05, 4.69) is 20.3 Å². The summed E-state index contributed by atoms with van der Waals surface area (Å²) in [7, 11) is 2.87. The normalized spacial score (nSPS) is 9.62. The number of nitrogens with zero attached hydrogens (tertiary/aromatic N) is 2. The standard InChI is InChI=1S/C8H11N3O5/c1-14-5-3-6(15-2)10-8(9-5)11-16-4-7(12)13/h3H,4H2,1-2H3,(H,12,13)(H,9,10,11). The predicted octanol–water partition coefficient (Wildman–Crippen LogP) is -0.0781. The lowest BCUT2D eigenvalue weighted by atomic mass is 10.6. The molecule has 88 valence electrons. The minimum Gasteiger partial charge on any atom is -0.481 e. The Bertz CT molecular complexity index is 348. The van der Waals surface area contributed by atoms with Crippen LogP contribution in [0.15, 0.2) is 6.07 Å². The molecule has 1 aromatic heterocycles. The molecule has 8 heteroatoms. The molecule has 0 fully saturated rings. The number of anilines is 1. The van der Waals surface area contributed by atoms with E-state index in [4.69, 9.17) is 14.6 Å². The zero-order chi connectivity index (χ0) is 12.0. The fourth-order valence-electron chi connectivity index (χ4n) is 0.821. The lowest BCUT2D eigenvalue weighted by Gasteiger charge is -2.07. The SMILES string of the molecule is COc1cc(OC)nc(NOCC(=O)O)n1. The first-order chi connectivity index (χ1) is 7.65. The molecule has 0 saturated heterocycles. The maximum atomic E-state index is 10.2. The van der Waals surface area contributed by atoms with Crippen LogP contribution in [0.2, 0.25) is 0 Å². The Labute approximate surface area is 91.1 Å². The van der Waals surface area contributed by atoms with Gasteiger partial charge in [-0.05, 0) is 0 Å². The second-order valence-corrected chi connectivity index (χ2v) is 2.56. The number of rotatable bonds is 6. The van der Waals surface area contributed by atoms with Gasteiger partial charge in [-0.15, -0.1) is 0 Å². The molecular formula is C8H11N3O5. The first kappa shape index (κ1) is 12.0. The van der Waals surface area contributed by atoms with Gasteiger partial charge in [-0.2, -0.15) is 9.97 Å². The van der Waals surface area contributed by atoms with Crippen LogP contribution in [0, 0.1) is 0 Å².